The zero-order valence-corrected chi connectivity index (χ0v) is 27.3. The fraction of sp³-hybridized carbons (Fsp3) is 0.485. The summed E-state index contributed by atoms with van der Waals surface area (Å²) in [6.45, 7) is 8.35. The highest BCUT2D eigenvalue weighted by Crippen LogP contribution is 2.42. The summed E-state index contributed by atoms with van der Waals surface area (Å²) in [6, 6.07) is 3.01. The van der Waals surface area contributed by atoms with Crippen molar-refractivity contribution in [3.05, 3.63) is 61.6 Å². The number of pyridine rings is 1. The van der Waals surface area contributed by atoms with Gasteiger partial charge >= 0.3 is 11.9 Å². The van der Waals surface area contributed by atoms with Gasteiger partial charge in [0, 0.05) is 16.0 Å². The van der Waals surface area contributed by atoms with Crippen molar-refractivity contribution in [1.82, 2.24) is 4.98 Å². The summed E-state index contributed by atoms with van der Waals surface area (Å²) < 4.78 is 10.7. The molecule has 2 unspecified atom stereocenters. The molecular weight excluding hydrogens is 599 g/mol. The predicted molar refractivity (Wildman–Crippen MR) is 172 cm³/mol. The van der Waals surface area contributed by atoms with Gasteiger partial charge in [-0.1, -0.05) is 26.7 Å². The highest BCUT2D eigenvalue weighted by atomic mass is 32.1. The molecule has 9 nitrogen and oxygen atoms in total. The number of nitrogens with zero attached hydrogens (tertiary/aromatic N) is 1. The molecule has 2 atom stereocenters. The van der Waals surface area contributed by atoms with E-state index in [1.807, 2.05) is 0 Å². The van der Waals surface area contributed by atoms with Crippen molar-refractivity contribution in [2.24, 2.45) is 11.8 Å². The van der Waals surface area contributed by atoms with Crippen molar-refractivity contribution >= 4 is 56.4 Å². The molecule has 0 spiro atoms. The van der Waals surface area contributed by atoms with Crippen LogP contribution in [0.15, 0.2) is 18.3 Å². The maximum atomic E-state index is 13.3. The normalized spacial score (nSPS) is 17.3. The van der Waals surface area contributed by atoms with Gasteiger partial charge in [-0.25, -0.2) is 9.59 Å². The first-order valence-electron chi connectivity index (χ1n) is 15.5. The van der Waals surface area contributed by atoms with E-state index in [0.717, 1.165) is 72.2 Å². The maximum Gasteiger partial charge on any atom is 0.341 e. The number of hydrogen-bond acceptors (Lipinski definition) is 9. The van der Waals surface area contributed by atoms with Gasteiger partial charge in [-0.05, 0) is 87.5 Å². The van der Waals surface area contributed by atoms with Gasteiger partial charge in [0.1, 0.15) is 15.7 Å². The standard InChI is InChI=1S/C33H39N3O6S2/c1-5-18-9-12-21-24(15-18)43-30(26(21)32(39)41-7-3)35-28(37)20-11-14-23(34-17-20)29(38)36-31-27(33(40)42-8-4)22-13-10-19(6-2)16-25(22)44-31/h11,14,17-19H,5-10,12-13,15-16H2,1-4H3,(H,35,37)(H,36,38). The molecule has 2 aliphatic rings. The minimum absolute atomic E-state index is 0.110. The largest absolute Gasteiger partial charge is 0.462 e. The fourth-order valence-electron chi connectivity index (χ4n) is 6.02. The van der Waals surface area contributed by atoms with Crippen LogP contribution in [0.5, 0.6) is 0 Å². The lowest BCUT2D eigenvalue weighted by molar-refractivity contribution is 0.0516. The third-order valence-electron chi connectivity index (χ3n) is 8.56. The Labute approximate surface area is 265 Å². The summed E-state index contributed by atoms with van der Waals surface area (Å²) in [7, 11) is 0. The van der Waals surface area contributed by atoms with E-state index in [9.17, 15) is 19.2 Å². The van der Waals surface area contributed by atoms with Crippen molar-refractivity contribution in [3.63, 3.8) is 0 Å². The number of hydrogen-bond donors (Lipinski definition) is 2. The number of ether oxygens (including phenoxy) is 2. The van der Waals surface area contributed by atoms with Crippen molar-refractivity contribution in [2.45, 2.75) is 79.1 Å². The lowest BCUT2D eigenvalue weighted by atomic mass is 9.85. The number of carbonyl (C=O) groups is 4. The minimum Gasteiger partial charge on any atom is -0.462 e. The first-order chi connectivity index (χ1) is 21.3. The van der Waals surface area contributed by atoms with E-state index in [2.05, 4.69) is 29.5 Å². The van der Waals surface area contributed by atoms with E-state index in [0.29, 0.717) is 33.0 Å². The zero-order valence-electron chi connectivity index (χ0n) is 25.7. The van der Waals surface area contributed by atoms with Gasteiger partial charge in [-0.15, -0.1) is 22.7 Å². The van der Waals surface area contributed by atoms with Gasteiger partial charge in [-0.3, -0.25) is 14.6 Å². The average Bonchev–Trinajstić information content (AvgIpc) is 3.57. The van der Waals surface area contributed by atoms with Crippen LogP contribution in [0.1, 0.15) is 116 Å². The summed E-state index contributed by atoms with van der Waals surface area (Å²) in [5.41, 5.74) is 3.18. The predicted octanol–water partition coefficient (Wildman–Crippen LogP) is 7.09. The number of esters is 2. The van der Waals surface area contributed by atoms with Gasteiger partial charge in [0.15, 0.2) is 0 Å². The van der Waals surface area contributed by atoms with E-state index in [1.54, 1.807) is 13.8 Å². The molecule has 11 heteroatoms. The summed E-state index contributed by atoms with van der Waals surface area (Å²) in [5, 5.41) is 6.73. The Hall–Kier alpha value is -3.57. The van der Waals surface area contributed by atoms with Crippen LogP contribution in [-0.4, -0.2) is 42.0 Å². The van der Waals surface area contributed by atoms with Crippen LogP contribution in [0, 0.1) is 11.8 Å². The first kappa shape index (κ1) is 31.8. The number of aromatic nitrogens is 1. The lowest BCUT2D eigenvalue weighted by Gasteiger charge is -2.20. The summed E-state index contributed by atoms with van der Waals surface area (Å²) in [6.07, 6.45) is 8.80. The molecule has 44 heavy (non-hydrogen) atoms. The fourth-order valence-corrected chi connectivity index (χ4v) is 8.71. The van der Waals surface area contributed by atoms with Crippen LogP contribution in [0.3, 0.4) is 0 Å². The number of thiophene rings is 2. The maximum absolute atomic E-state index is 13.3. The Morgan fingerprint density at radius 3 is 1.70 bits per heavy atom. The van der Waals surface area contributed by atoms with E-state index in [4.69, 9.17) is 9.47 Å². The molecule has 0 saturated heterocycles. The Morgan fingerprint density at radius 1 is 0.773 bits per heavy atom. The number of carbonyl (C=O) groups excluding carboxylic acids is 4. The van der Waals surface area contributed by atoms with Crippen LogP contribution in [-0.2, 0) is 35.2 Å². The zero-order chi connectivity index (χ0) is 31.4. The quantitative estimate of drug-likeness (QED) is 0.228. The Balaban J connectivity index is 1.33. The molecule has 0 aromatic carbocycles. The summed E-state index contributed by atoms with van der Waals surface area (Å²) in [4.78, 5) is 58.7. The van der Waals surface area contributed by atoms with Crippen LogP contribution in [0.4, 0.5) is 10.0 Å². The second kappa shape index (κ2) is 14.0. The molecule has 0 aliphatic heterocycles. The second-order valence-electron chi connectivity index (χ2n) is 11.2. The lowest BCUT2D eigenvalue weighted by Crippen LogP contribution is -2.19. The van der Waals surface area contributed by atoms with Crippen molar-refractivity contribution in [3.8, 4) is 0 Å². The third kappa shape index (κ3) is 6.58. The van der Waals surface area contributed by atoms with Crippen LogP contribution in [0.2, 0.25) is 0 Å². The monoisotopic (exact) mass is 637 g/mol. The molecule has 5 rings (SSSR count). The van der Waals surface area contributed by atoms with Gasteiger partial charge in [0.05, 0.1) is 29.9 Å². The van der Waals surface area contributed by atoms with E-state index in [1.165, 1.54) is 41.0 Å². The molecule has 0 fully saturated rings. The number of amides is 2. The molecule has 3 aromatic heterocycles. The number of nitrogens with one attached hydrogen (secondary N) is 2. The topological polar surface area (TPSA) is 124 Å². The number of fused-ring (bicyclic) bond motifs is 2. The molecule has 0 bridgehead atoms. The highest BCUT2D eigenvalue weighted by molar-refractivity contribution is 7.17. The molecule has 3 heterocycles. The molecule has 2 amide bonds. The average molecular weight is 638 g/mol. The smallest absolute Gasteiger partial charge is 0.341 e. The molecule has 0 saturated carbocycles. The third-order valence-corrected chi connectivity index (χ3v) is 10.9. The number of rotatable bonds is 10. The van der Waals surface area contributed by atoms with Crippen LogP contribution in [0.25, 0.3) is 0 Å². The molecule has 3 aromatic rings. The molecule has 2 N–H and O–H groups in total. The number of anilines is 2. The van der Waals surface area contributed by atoms with Gasteiger partial charge in [-0.2, -0.15) is 0 Å². The second-order valence-corrected chi connectivity index (χ2v) is 13.4. The molecular formula is C33H39N3O6S2. The van der Waals surface area contributed by atoms with Crippen molar-refractivity contribution in [1.29, 1.82) is 0 Å². The highest BCUT2D eigenvalue weighted by Gasteiger charge is 2.32. The van der Waals surface area contributed by atoms with E-state index >= 15 is 0 Å². The van der Waals surface area contributed by atoms with Crippen molar-refractivity contribution in [2.75, 3.05) is 23.8 Å². The van der Waals surface area contributed by atoms with Gasteiger partial charge in [0.25, 0.3) is 11.8 Å². The van der Waals surface area contributed by atoms with Crippen molar-refractivity contribution < 1.29 is 28.7 Å². The van der Waals surface area contributed by atoms with Crippen LogP contribution < -0.4 is 10.6 Å². The summed E-state index contributed by atoms with van der Waals surface area (Å²) in [5.74, 6) is -0.651. The van der Waals surface area contributed by atoms with Crippen LogP contribution >= 0.6 is 22.7 Å². The Kier molecular flexibility index (Phi) is 10.2. The van der Waals surface area contributed by atoms with Gasteiger partial charge < -0.3 is 20.1 Å². The molecule has 0 radical (unpaired) electrons. The Morgan fingerprint density at radius 2 is 1.27 bits per heavy atom. The first-order valence-corrected chi connectivity index (χ1v) is 17.1. The minimum atomic E-state index is -0.478. The molecule has 2 aliphatic carbocycles. The van der Waals surface area contributed by atoms with Gasteiger partial charge in [0.2, 0.25) is 0 Å². The van der Waals surface area contributed by atoms with E-state index < -0.39 is 23.8 Å². The molecule has 234 valence electrons. The van der Waals surface area contributed by atoms with E-state index in [-0.39, 0.29) is 24.5 Å². The Bertz CT molecular complexity index is 1440. The summed E-state index contributed by atoms with van der Waals surface area (Å²) >= 11 is 2.86. The SMILES string of the molecule is CCOC(=O)c1c(NC(=O)c2ccc(C(=O)Nc3sc4c(c3C(=O)OCC)CCC(CC)C4)nc2)sc2c1CCC(CC)C2.